The van der Waals surface area contributed by atoms with Crippen molar-refractivity contribution in [2.45, 2.75) is 19.0 Å². The van der Waals surface area contributed by atoms with Crippen LogP contribution in [0.4, 0.5) is 13.2 Å². The van der Waals surface area contributed by atoms with Crippen molar-refractivity contribution in [2.75, 3.05) is 5.88 Å². The molecule has 3 rings (SSSR count). The Labute approximate surface area is 167 Å². The van der Waals surface area contributed by atoms with Gasteiger partial charge in [0, 0.05) is 18.4 Å². The Kier molecular flexibility index (Phi) is 6.12. The van der Waals surface area contributed by atoms with E-state index < -0.39 is 29.1 Å². The second-order valence-electron chi connectivity index (χ2n) is 5.93. The zero-order chi connectivity index (χ0) is 21.0. The summed E-state index contributed by atoms with van der Waals surface area (Å²) in [5, 5.41) is -0.149. The van der Waals surface area contributed by atoms with Crippen LogP contribution in [0.2, 0.25) is 0 Å². The van der Waals surface area contributed by atoms with Crippen LogP contribution < -0.4 is 14.9 Å². The fourth-order valence-corrected chi connectivity index (χ4v) is 2.63. The monoisotopic (exact) mass is 426 g/mol. The number of ether oxygens (including phenoxy) is 2. The van der Waals surface area contributed by atoms with Crippen LogP contribution >= 0.6 is 11.6 Å². The van der Waals surface area contributed by atoms with Crippen molar-refractivity contribution in [1.82, 2.24) is 0 Å². The number of benzene rings is 2. The summed E-state index contributed by atoms with van der Waals surface area (Å²) < 4.78 is 55.7. The first-order valence-electron chi connectivity index (χ1n) is 8.47. The van der Waals surface area contributed by atoms with Crippen LogP contribution in [-0.2, 0) is 11.0 Å². The van der Waals surface area contributed by atoms with Crippen molar-refractivity contribution >= 4 is 28.5 Å². The third-order valence-corrected chi connectivity index (χ3v) is 4.06. The van der Waals surface area contributed by atoms with Gasteiger partial charge < -0.3 is 13.9 Å². The van der Waals surface area contributed by atoms with Crippen molar-refractivity contribution in [3.05, 3.63) is 64.5 Å². The molecule has 0 aliphatic heterocycles. The molecule has 0 unspecified atom stereocenters. The first-order valence-corrected chi connectivity index (χ1v) is 9.00. The van der Waals surface area contributed by atoms with Crippen LogP contribution in [0.5, 0.6) is 17.2 Å². The van der Waals surface area contributed by atoms with E-state index in [-0.39, 0.29) is 34.8 Å². The number of rotatable bonds is 6. The van der Waals surface area contributed by atoms with Gasteiger partial charge in [-0.05, 0) is 30.7 Å². The van der Waals surface area contributed by atoms with Crippen LogP contribution in [0.25, 0.3) is 11.0 Å². The first-order chi connectivity index (χ1) is 13.8. The normalized spacial score (nSPS) is 11.4. The van der Waals surface area contributed by atoms with Gasteiger partial charge in [-0.3, -0.25) is 9.59 Å². The Bertz CT molecular complexity index is 1080. The van der Waals surface area contributed by atoms with E-state index in [2.05, 4.69) is 0 Å². The Morgan fingerprint density at radius 1 is 1.07 bits per heavy atom. The molecule has 0 amide bonds. The maximum Gasteiger partial charge on any atom is 0.453 e. The molecule has 0 saturated heterocycles. The molecular weight excluding hydrogens is 413 g/mol. The standard InChI is InChI=1S/C20H14ClF3O5/c21-10-4-7-16(25)27-13-8-9-14-15(11-13)29-19(20(22,23)24)18(17(14)26)28-12-5-2-1-3-6-12/h1-3,5-6,8-9,11H,4,7,10H2. The van der Waals surface area contributed by atoms with Gasteiger partial charge in [0.15, 0.2) is 0 Å². The maximum absolute atomic E-state index is 13.5. The summed E-state index contributed by atoms with van der Waals surface area (Å²) in [5.41, 5.74) is -1.38. The zero-order valence-corrected chi connectivity index (χ0v) is 15.5. The average molecular weight is 427 g/mol. The number of hydrogen-bond donors (Lipinski definition) is 0. The summed E-state index contributed by atoms with van der Waals surface area (Å²) >= 11 is 5.50. The Morgan fingerprint density at radius 3 is 2.45 bits per heavy atom. The fraction of sp³-hybridized carbons (Fsp3) is 0.200. The molecule has 0 spiro atoms. The predicted molar refractivity (Wildman–Crippen MR) is 99.6 cm³/mol. The average Bonchev–Trinajstić information content (AvgIpc) is 2.68. The lowest BCUT2D eigenvalue weighted by molar-refractivity contribution is -0.154. The molecule has 5 nitrogen and oxygen atoms in total. The van der Waals surface area contributed by atoms with Crippen LogP contribution in [0, 0.1) is 0 Å². The van der Waals surface area contributed by atoms with Gasteiger partial charge in [-0.1, -0.05) is 18.2 Å². The predicted octanol–water partition coefficient (Wildman–Crippen LogP) is 5.53. The summed E-state index contributed by atoms with van der Waals surface area (Å²) in [4.78, 5) is 24.4. The highest BCUT2D eigenvalue weighted by atomic mass is 35.5. The number of carbonyl (C=O) groups excluding carboxylic acids is 1. The lowest BCUT2D eigenvalue weighted by Crippen LogP contribution is -2.15. The first kappa shape index (κ1) is 20.7. The minimum Gasteiger partial charge on any atom is -0.449 e. The fourth-order valence-electron chi connectivity index (χ4n) is 2.50. The molecule has 0 atom stereocenters. The quantitative estimate of drug-likeness (QED) is 0.294. The lowest BCUT2D eigenvalue weighted by atomic mass is 10.2. The molecule has 1 heterocycles. The molecule has 1 aromatic heterocycles. The molecule has 0 fully saturated rings. The van der Waals surface area contributed by atoms with E-state index in [4.69, 9.17) is 25.5 Å². The molecule has 3 aromatic rings. The Balaban J connectivity index is 2.06. The molecule has 152 valence electrons. The molecule has 0 aliphatic carbocycles. The molecular formula is C20H14ClF3O5. The number of esters is 1. The summed E-state index contributed by atoms with van der Waals surface area (Å²) in [6, 6.07) is 11.1. The van der Waals surface area contributed by atoms with Gasteiger partial charge in [-0.25, -0.2) is 0 Å². The molecule has 29 heavy (non-hydrogen) atoms. The molecule has 0 N–H and O–H groups in total. The van der Waals surface area contributed by atoms with Crippen molar-refractivity contribution < 1.29 is 31.9 Å². The van der Waals surface area contributed by atoms with E-state index in [0.717, 1.165) is 6.07 Å². The smallest absolute Gasteiger partial charge is 0.449 e. The minimum absolute atomic E-state index is 0.0448. The summed E-state index contributed by atoms with van der Waals surface area (Å²) in [5.74, 6) is -2.89. The largest absolute Gasteiger partial charge is 0.453 e. The highest BCUT2D eigenvalue weighted by molar-refractivity contribution is 6.17. The van der Waals surface area contributed by atoms with E-state index in [1.165, 1.54) is 24.3 Å². The topological polar surface area (TPSA) is 65.7 Å². The van der Waals surface area contributed by atoms with Gasteiger partial charge in [0.05, 0.1) is 5.39 Å². The third kappa shape index (κ3) is 4.89. The number of para-hydroxylation sites is 1. The second kappa shape index (κ2) is 8.57. The molecule has 9 heteroatoms. The molecule has 0 aliphatic rings. The molecule has 2 aromatic carbocycles. The summed E-state index contributed by atoms with van der Waals surface area (Å²) in [6.07, 6.45) is -4.55. The summed E-state index contributed by atoms with van der Waals surface area (Å²) in [6.45, 7) is 0. The van der Waals surface area contributed by atoms with Crippen LogP contribution in [0.3, 0.4) is 0 Å². The van der Waals surface area contributed by atoms with E-state index in [1.54, 1.807) is 18.2 Å². The SMILES string of the molecule is O=C(CCCCl)Oc1ccc2c(=O)c(Oc3ccccc3)c(C(F)(F)F)oc2c1. The molecule has 0 saturated carbocycles. The van der Waals surface area contributed by atoms with Gasteiger partial charge in [0.1, 0.15) is 17.1 Å². The number of alkyl halides is 4. The highest BCUT2D eigenvalue weighted by Gasteiger charge is 2.40. The van der Waals surface area contributed by atoms with Crippen LogP contribution in [0.15, 0.2) is 57.7 Å². The van der Waals surface area contributed by atoms with Gasteiger partial charge in [-0.15, -0.1) is 11.6 Å². The lowest BCUT2D eigenvalue weighted by Gasteiger charge is -2.13. The van der Waals surface area contributed by atoms with Crippen molar-refractivity contribution in [3.8, 4) is 17.2 Å². The second-order valence-corrected chi connectivity index (χ2v) is 6.30. The van der Waals surface area contributed by atoms with Gasteiger partial charge in [0.25, 0.3) is 5.76 Å². The van der Waals surface area contributed by atoms with Crippen molar-refractivity contribution in [3.63, 3.8) is 0 Å². The minimum atomic E-state index is -4.98. The van der Waals surface area contributed by atoms with Crippen LogP contribution in [-0.4, -0.2) is 11.8 Å². The zero-order valence-electron chi connectivity index (χ0n) is 14.8. The van der Waals surface area contributed by atoms with E-state index in [9.17, 15) is 22.8 Å². The Morgan fingerprint density at radius 2 is 1.79 bits per heavy atom. The van der Waals surface area contributed by atoms with E-state index in [1.807, 2.05) is 0 Å². The van der Waals surface area contributed by atoms with Gasteiger partial charge in [0.2, 0.25) is 11.2 Å². The summed E-state index contributed by atoms with van der Waals surface area (Å²) in [7, 11) is 0. The van der Waals surface area contributed by atoms with Gasteiger partial charge in [-0.2, -0.15) is 13.2 Å². The van der Waals surface area contributed by atoms with Gasteiger partial charge >= 0.3 is 12.1 Å². The van der Waals surface area contributed by atoms with E-state index in [0.29, 0.717) is 6.42 Å². The van der Waals surface area contributed by atoms with Crippen molar-refractivity contribution in [2.24, 2.45) is 0 Å². The highest BCUT2D eigenvalue weighted by Crippen LogP contribution is 2.38. The number of halogens is 4. The molecule has 0 bridgehead atoms. The number of fused-ring (bicyclic) bond motifs is 1. The number of hydrogen-bond acceptors (Lipinski definition) is 5. The third-order valence-electron chi connectivity index (χ3n) is 3.79. The maximum atomic E-state index is 13.5. The van der Waals surface area contributed by atoms with E-state index >= 15 is 0 Å². The molecule has 0 radical (unpaired) electrons. The number of carbonyl (C=O) groups is 1. The Hall–Kier alpha value is -3.00. The van der Waals surface area contributed by atoms with Crippen LogP contribution in [0.1, 0.15) is 18.6 Å². The van der Waals surface area contributed by atoms with Crippen molar-refractivity contribution in [1.29, 1.82) is 0 Å².